The van der Waals surface area contributed by atoms with Gasteiger partial charge in [-0.3, -0.25) is 4.98 Å². The van der Waals surface area contributed by atoms with Gasteiger partial charge in [0.05, 0.1) is 22.3 Å². The first kappa shape index (κ1) is 23.1. The summed E-state index contributed by atoms with van der Waals surface area (Å²) in [5, 5.41) is 4.41. The van der Waals surface area contributed by atoms with Crippen molar-refractivity contribution in [1.29, 1.82) is 0 Å². The fourth-order valence-electron chi connectivity index (χ4n) is 4.41. The SMILES string of the molecule is O=S(=O)(c1ccc(Oc2ccccn2)cc1)N1CCc2c(ccnc2Nc2cnc3ccccc3c2)C1. The Balaban J connectivity index is 1.20. The van der Waals surface area contributed by atoms with E-state index in [0.717, 1.165) is 33.5 Å². The quantitative estimate of drug-likeness (QED) is 0.331. The second-order valence-electron chi connectivity index (χ2n) is 8.67. The molecule has 0 saturated heterocycles. The van der Waals surface area contributed by atoms with Crippen LogP contribution >= 0.6 is 0 Å². The molecular weight excluding hydrogens is 486 g/mol. The van der Waals surface area contributed by atoms with Crippen molar-refractivity contribution < 1.29 is 13.2 Å². The molecule has 6 rings (SSSR count). The average molecular weight is 510 g/mol. The molecule has 3 aromatic heterocycles. The number of rotatable bonds is 6. The van der Waals surface area contributed by atoms with Gasteiger partial charge in [-0.2, -0.15) is 4.31 Å². The summed E-state index contributed by atoms with van der Waals surface area (Å²) in [6.07, 6.45) is 5.67. The topological polar surface area (TPSA) is 97.3 Å². The Morgan fingerprint density at radius 1 is 0.865 bits per heavy atom. The fourth-order valence-corrected chi connectivity index (χ4v) is 5.83. The number of nitrogens with zero attached hydrogens (tertiary/aromatic N) is 4. The van der Waals surface area contributed by atoms with Crippen molar-refractivity contribution in [2.75, 3.05) is 11.9 Å². The fraction of sp³-hybridized carbons (Fsp3) is 0.107. The third-order valence-corrected chi connectivity index (χ3v) is 8.15. The van der Waals surface area contributed by atoms with Gasteiger partial charge in [-0.1, -0.05) is 24.3 Å². The van der Waals surface area contributed by atoms with E-state index in [1.165, 1.54) is 4.31 Å². The third kappa shape index (κ3) is 4.74. The summed E-state index contributed by atoms with van der Waals surface area (Å²) in [5.74, 6) is 1.69. The minimum absolute atomic E-state index is 0.221. The van der Waals surface area contributed by atoms with Crippen LogP contribution in [0.4, 0.5) is 11.5 Å². The molecule has 0 fully saturated rings. The molecule has 9 heteroatoms. The Labute approximate surface area is 214 Å². The molecule has 0 spiro atoms. The number of benzene rings is 2. The summed E-state index contributed by atoms with van der Waals surface area (Å²) in [6.45, 7) is 0.634. The zero-order valence-electron chi connectivity index (χ0n) is 19.8. The van der Waals surface area contributed by atoms with E-state index in [2.05, 4.69) is 20.3 Å². The van der Waals surface area contributed by atoms with Crippen LogP contribution in [0.5, 0.6) is 11.6 Å². The zero-order chi connectivity index (χ0) is 25.2. The monoisotopic (exact) mass is 509 g/mol. The van der Waals surface area contributed by atoms with Gasteiger partial charge in [0.25, 0.3) is 0 Å². The van der Waals surface area contributed by atoms with Gasteiger partial charge in [-0.25, -0.2) is 18.4 Å². The van der Waals surface area contributed by atoms with Gasteiger partial charge in [-0.15, -0.1) is 0 Å². The maximum absolute atomic E-state index is 13.4. The number of hydrogen-bond acceptors (Lipinski definition) is 7. The van der Waals surface area contributed by atoms with Crippen LogP contribution in [-0.4, -0.2) is 34.2 Å². The van der Waals surface area contributed by atoms with Gasteiger partial charge >= 0.3 is 0 Å². The van der Waals surface area contributed by atoms with Gasteiger partial charge in [-0.05, 0) is 60.5 Å². The Morgan fingerprint density at radius 2 is 1.70 bits per heavy atom. The Bertz CT molecular complexity index is 1680. The highest BCUT2D eigenvalue weighted by Crippen LogP contribution is 2.31. The molecule has 1 aliphatic heterocycles. The lowest BCUT2D eigenvalue weighted by Gasteiger charge is -2.29. The molecule has 0 radical (unpaired) electrons. The summed E-state index contributed by atoms with van der Waals surface area (Å²) in [5.41, 5.74) is 3.70. The average Bonchev–Trinajstić information content (AvgIpc) is 2.94. The maximum atomic E-state index is 13.4. The maximum Gasteiger partial charge on any atom is 0.243 e. The number of para-hydroxylation sites is 1. The molecule has 1 N–H and O–H groups in total. The number of nitrogens with one attached hydrogen (secondary N) is 1. The van der Waals surface area contributed by atoms with E-state index in [9.17, 15) is 8.42 Å². The highest BCUT2D eigenvalue weighted by Gasteiger charge is 2.29. The van der Waals surface area contributed by atoms with Crippen LogP contribution in [0.15, 0.2) is 102 Å². The number of anilines is 2. The van der Waals surface area contributed by atoms with Crippen LogP contribution in [0, 0.1) is 0 Å². The molecule has 0 atom stereocenters. The van der Waals surface area contributed by atoms with Crippen LogP contribution in [-0.2, 0) is 23.0 Å². The molecule has 37 heavy (non-hydrogen) atoms. The lowest BCUT2D eigenvalue weighted by atomic mass is 10.0. The van der Waals surface area contributed by atoms with Crippen LogP contribution in [0.3, 0.4) is 0 Å². The molecule has 1 aliphatic rings. The van der Waals surface area contributed by atoms with Crippen LogP contribution in [0.2, 0.25) is 0 Å². The standard InChI is InChI=1S/C28H23N5O3S/c34-37(35,24-10-8-23(9-11-24)36-27-7-3-4-14-29-27)33-16-13-25-21(19-33)12-15-30-28(25)32-22-17-20-5-1-2-6-26(20)31-18-22/h1-12,14-15,17-18H,13,16,19H2,(H,30,32). The molecule has 8 nitrogen and oxygen atoms in total. The minimum Gasteiger partial charge on any atom is -0.439 e. The number of aromatic nitrogens is 3. The predicted molar refractivity (Wildman–Crippen MR) is 141 cm³/mol. The smallest absolute Gasteiger partial charge is 0.243 e. The van der Waals surface area contributed by atoms with Crippen molar-refractivity contribution in [3.05, 3.63) is 109 Å². The number of ether oxygens (including phenoxy) is 1. The highest BCUT2D eigenvalue weighted by molar-refractivity contribution is 7.89. The van der Waals surface area contributed by atoms with Crippen molar-refractivity contribution in [2.24, 2.45) is 0 Å². The van der Waals surface area contributed by atoms with E-state index in [1.54, 1.807) is 55.0 Å². The van der Waals surface area contributed by atoms with E-state index in [-0.39, 0.29) is 11.4 Å². The van der Waals surface area contributed by atoms with Crippen molar-refractivity contribution >= 4 is 32.4 Å². The van der Waals surface area contributed by atoms with Gasteiger partial charge in [0.15, 0.2) is 0 Å². The van der Waals surface area contributed by atoms with Crippen LogP contribution < -0.4 is 10.1 Å². The summed E-state index contributed by atoms with van der Waals surface area (Å²) < 4.78 is 34.0. The van der Waals surface area contributed by atoms with E-state index in [1.807, 2.05) is 42.5 Å². The lowest BCUT2D eigenvalue weighted by Crippen LogP contribution is -2.36. The Kier molecular flexibility index (Phi) is 5.99. The minimum atomic E-state index is -3.68. The summed E-state index contributed by atoms with van der Waals surface area (Å²) in [7, 11) is -3.68. The Morgan fingerprint density at radius 3 is 2.54 bits per heavy atom. The van der Waals surface area contributed by atoms with Gasteiger partial charge in [0, 0.05) is 42.5 Å². The normalized spacial score (nSPS) is 13.7. The van der Waals surface area contributed by atoms with Crippen LogP contribution in [0.25, 0.3) is 10.9 Å². The van der Waals surface area contributed by atoms with Crippen molar-refractivity contribution in [2.45, 2.75) is 17.9 Å². The molecule has 184 valence electrons. The van der Waals surface area contributed by atoms with Gasteiger partial charge in [0.1, 0.15) is 11.6 Å². The molecule has 0 aliphatic carbocycles. The summed E-state index contributed by atoms with van der Waals surface area (Å²) in [4.78, 5) is 13.4. The first-order valence-corrected chi connectivity index (χ1v) is 13.3. The van der Waals surface area contributed by atoms with Gasteiger partial charge in [0.2, 0.25) is 15.9 Å². The van der Waals surface area contributed by atoms with Crippen molar-refractivity contribution in [3.63, 3.8) is 0 Å². The Hall–Kier alpha value is -4.34. The molecule has 0 unspecified atom stereocenters. The lowest BCUT2D eigenvalue weighted by molar-refractivity contribution is 0.391. The van der Waals surface area contributed by atoms with E-state index in [0.29, 0.717) is 24.6 Å². The number of hydrogen-bond donors (Lipinski definition) is 1. The number of fused-ring (bicyclic) bond motifs is 2. The summed E-state index contributed by atoms with van der Waals surface area (Å²) in [6, 6.07) is 23.6. The molecule has 5 aromatic rings. The summed E-state index contributed by atoms with van der Waals surface area (Å²) >= 11 is 0. The first-order chi connectivity index (χ1) is 18.1. The molecule has 0 saturated carbocycles. The third-order valence-electron chi connectivity index (χ3n) is 6.29. The molecule has 0 bridgehead atoms. The van der Waals surface area contributed by atoms with E-state index < -0.39 is 10.0 Å². The van der Waals surface area contributed by atoms with Crippen molar-refractivity contribution in [3.8, 4) is 11.6 Å². The molecule has 0 amide bonds. The molecule has 2 aromatic carbocycles. The highest BCUT2D eigenvalue weighted by atomic mass is 32.2. The zero-order valence-corrected chi connectivity index (χ0v) is 20.6. The number of sulfonamides is 1. The largest absolute Gasteiger partial charge is 0.439 e. The second kappa shape index (κ2) is 9.61. The molecule has 4 heterocycles. The second-order valence-corrected chi connectivity index (χ2v) is 10.6. The number of pyridine rings is 3. The van der Waals surface area contributed by atoms with E-state index >= 15 is 0 Å². The van der Waals surface area contributed by atoms with Crippen LogP contribution in [0.1, 0.15) is 11.1 Å². The molecular formula is C28H23N5O3S. The van der Waals surface area contributed by atoms with Gasteiger partial charge < -0.3 is 10.1 Å². The van der Waals surface area contributed by atoms with E-state index in [4.69, 9.17) is 4.74 Å². The van der Waals surface area contributed by atoms with Crippen molar-refractivity contribution in [1.82, 2.24) is 19.3 Å². The predicted octanol–water partition coefficient (Wildman–Crippen LogP) is 5.31. The first-order valence-electron chi connectivity index (χ1n) is 11.8.